The number of rotatable bonds is 1. The fraction of sp³-hybridized carbons (Fsp3) is 0.286. The Morgan fingerprint density at radius 3 is 2.45 bits per heavy atom. The van der Waals surface area contributed by atoms with E-state index in [-0.39, 0.29) is 0 Å². The molecular formula is C7H11N3S. The van der Waals surface area contributed by atoms with E-state index in [0.29, 0.717) is 11.4 Å². The molecule has 0 aromatic rings. The lowest BCUT2D eigenvalue weighted by atomic mass is 10.0. The highest BCUT2D eigenvalue weighted by Crippen LogP contribution is 2.25. The fourth-order valence-corrected chi connectivity index (χ4v) is 1.23. The third-order valence-corrected chi connectivity index (χ3v) is 2.22. The molecule has 1 rings (SSSR count). The monoisotopic (exact) mass is 169 g/mol. The molecule has 1 aliphatic carbocycles. The van der Waals surface area contributed by atoms with E-state index in [1.807, 2.05) is 0 Å². The van der Waals surface area contributed by atoms with Gasteiger partial charge in [0, 0.05) is 11.1 Å². The molecule has 0 aliphatic heterocycles. The van der Waals surface area contributed by atoms with Crippen molar-refractivity contribution < 1.29 is 0 Å². The highest BCUT2D eigenvalue weighted by Gasteiger charge is 2.13. The summed E-state index contributed by atoms with van der Waals surface area (Å²) in [5, 5.41) is 7.02. The van der Waals surface area contributed by atoms with E-state index in [4.69, 9.17) is 16.9 Å². The van der Waals surface area contributed by atoms with Crippen molar-refractivity contribution in [3.05, 3.63) is 21.9 Å². The summed E-state index contributed by atoms with van der Waals surface area (Å²) in [7, 11) is 0. The maximum atomic E-state index is 7.02. The summed E-state index contributed by atoms with van der Waals surface area (Å²) in [4.78, 5) is 0.827. The summed E-state index contributed by atoms with van der Waals surface area (Å²) in [5.74, 6) is 0. The Bertz CT molecular complexity index is 252. The van der Waals surface area contributed by atoms with Crippen LogP contribution < -0.4 is 11.5 Å². The second-order valence-corrected chi connectivity index (χ2v) is 2.98. The minimum atomic E-state index is 0.510. The minimum Gasteiger partial charge on any atom is -0.397 e. The maximum Gasteiger partial charge on any atom is 0.0645 e. The highest BCUT2D eigenvalue weighted by molar-refractivity contribution is 7.84. The lowest BCUT2D eigenvalue weighted by Gasteiger charge is -2.16. The van der Waals surface area contributed by atoms with E-state index in [1.54, 1.807) is 0 Å². The smallest absolute Gasteiger partial charge is 0.0645 e. The normalized spacial score (nSPS) is 19.0. The molecule has 0 unspecified atom stereocenters. The molecular weight excluding hydrogens is 158 g/mol. The molecule has 3 nitrogen and oxygen atoms in total. The highest BCUT2D eigenvalue weighted by atomic mass is 32.1. The van der Waals surface area contributed by atoms with E-state index in [1.165, 1.54) is 6.21 Å². The van der Waals surface area contributed by atoms with Gasteiger partial charge in [-0.3, -0.25) is 0 Å². The van der Waals surface area contributed by atoms with Crippen LogP contribution in [0.25, 0.3) is 0 Å². The van der Waals surface area contributed by atoms with Crippen LogP contribution in [0, 0.1) is 5.41 Å². The number of hydrogen-bond acceptors (Lipinski definition) is 4. The number of allylic oxidation sites excluding steroid dienone is 2. The van der Waals surface area contributed by atoms with Gasteiger partial charge in [0.25, 0.3) is 0 Å². The number of nitrogens with two attached hydrogens (primary N) is 2. The zero-order chi connectivity index (χ0) is 8.43. The third-order valence-electron chi connectivity index (χ3n) is 1.75. The molecule has 0 bridgehead atoms. The predicted octanol–water partition coefficient (Wildman–Crippen LogP) is 0.743. The van der Waals surface area contributed by atoms with Crippen LogP contribution in [0.15, 0.2) is 21.9 Å². The molecule has 1 aliphatic rings. The number of hydrogen-bond donors (Lipinski definition) is 4. The quantitative estimate of drug-likeness (QED) is 0.345. The zero-order valence-electron chi connectivity index (χ0n) is 6.09. The summed E-state index contributed by atoms with van der Waals surface area (Å²) in [6.45, 7) is 0. The van der Waals surface area contributed by atoms with Crippen LogP contribution in [-0.4, -0.2) is 6.21 Å². The van der Waals surface area contributed by atoms with Gasteiger partial charge in [-0.1, -0.05) is 0 Å². The minimum absolute atomic E-state index is 0.510. The Balaban J connectivity index is 3.07. The van der Waals surface area contributed by atoms with E-state index < -0.39 is 0 Å². The van der Waals surface area contributed by atoms with E-state index >= 15 is 0 Å². The lowest BCUT2D eigenvalue weighted by molar-refractivity contribution is 0.934. The molecule has 4 heteroatoms. The second kappa shape index (κ2) is 3.00. The average Bonchev–Trinajstić information content (AvgIpc) is 2.01. The molecule has 0 spiro atoms. The topological polar surface area (TPSA) is 75.9 Å². The average molecular weight is 169 g/mol. The van der Waals surface area contributed by atoms with Crippen LogP contribution in [0.3, 0.4) is 0 Å². The van der Waals surface area contributed by atoms with Crippen molar-refractivity contribution in [2.24, 2.45) is 11.5 Å². The Kier molecular flexibility index (Phi) is 2.24. The van der Waals surface area contributed by atoms with Gasteiger partial charge in [0.1, 0.15) is 0 Å². The standard InChI is InChI=1S/C7H11N3S/c8-3-4-1-2-5(11)7(10)6(4)9/h3,8,11H,1-2,9-10H2. The van der Waals surface area contributed by atoms with E-state index in [9.17, 15) is 0 Å². The molecule has 60 valence electrons. The first-order chi connectivity index (χ1) is 5.16. The molecule has 0 saturated heterocycles. The molecule has 0 heterocycles. The van der Waals surface area contributed by atoms with Crippen LogP contribution in [-0.2, 0) is 0 Å². The van der Waals surface area contributed by atoms with Crippen molar-refractivity contribution in [1.82, 2.24) is 0 Å². The molecule has 0 fully saturated rings. The molecule has 5 N–H and O–H groups in total. The van der Waals surface area contributed by atoms with Crippen molar-refractivity contribution in [2.75, 3.05) is 0 Å². The summed E-state index contributed by atoms with van der Waals surface area (Å²) < 4.78 is 0. The SMILES string of the molecule is N=CC1=C(N)C(N)=C(S)CC1. The summed E-state index contributed by atoms with van der Waals surface area (Å²) in [5.41, 5.74) is 13.1. The first kappa shape index (κ1) is 8.20. The zero-order valence-corrected chi connectivity index (χ0v) is 6.99. The molecule has 0 amide bonds. The lowest BCUT2D eigenvalue weighted by Crippen LogP contribution is -2.17. The molecule has 0 aromatic carbocycles. The Hall–Kier alpha value is -0.900. The maximum absolute atomic E-state index is 7.02. The van der Waals surface area contributed by atoms with Gasteiger partial charge in [0.15, 0.2) is 0 Å². The van der Waals surface area contributed by atoms with Crippen molar-refractivity contribution in [1.29, 1.82) is 5.41 Å². The van der Waals surface area contributed by atoms with Gasteiger partial charge in [-0.05, 0) is 18.4 Å². The van der Waals surface area contributed by atoms with Gasteiger partial charge < -0.3 is 16.9 Å². The fourth-order valence-electron chi connectivity index (χ4n) is 1.00. The molecule has 0 radical (unpaired) electrons. The van der Waals surface area contributed by atoms with Crippen LogP contribution in [0.1, 0.15) is 12.8 Å². The first-order valence-electron chi connectivity index (χ1n) is 3.34. The summed E-state index contributed by atoms with van der Waals surface area (Å²) in [6.07, 6.45) is 2.82. The van der Waals surface area contributed by atoms with Crippen LogP contribution in [0.2, 0.25) is 0 Å². The van der Waals surface area contributed by atoms with Gasteiger partial charge >= 0.3 is 0 Å². The third kappa shape index (κ3) is 1.40. The van der Waals surface area contributed by atoms with Gasteiger partial charge in [0.05, 0.1) is 11.4 Å². The Morgan fingerprint density at radius 1 is 1.27 bits per heavy atom. The summed E-state index contributed by atoms with van der Waals surface area (Å²) in [6, 6.07) is 0. The first-order valence-corrected chi connectivity index (χ1v) is 3.78. The Labute approximate surface area is 71.1 Å². The number of nitrogens with one attached hydrogen (secondary N) is 1. The predicted molar refractivity (Wildman–Crippen MR) is 49.4 cm³/mol. The molecule has 11 heavy (non-hydrogen) atoms. The molecule has 0 saturated carbocycles. The van der Waals surface area contributed by atoms with Gasteiger partial charge in [-0.25, -0.2) is 0 Å². The largest absolute Gasteiger partial charge is 0.397 e. The van der Waals surface area contributed by atoms with Gasteiger partial charge in [0.2, 0.25) is 0 Å². The van der Waals surface area contributed by atoms with Gasteiger partial charge in [-0.2, -0.15) is 0 Å². The van der Waals surface area contributed by atoms with Crippen LogP contribution >= 0.6 is 12.6 Å². The van der Waals surface area contributed by atoms with Crippen molar-refractivity contribution in [3.63, 3.8) is 0 Å². The van der Waals surface area contributed by atoms with Crippen molar-refractivity contribution in [2.45, 2.75) is 12.8 Å². The second-order valence-electron chi connectivity index (χ2n) is 2.44. The molecule has 0 atom stereocenters. The van der Waals surface area contributed by atoms with E-state index in [0.717, 1.165) is 23.3 Å². The van der Waals surface area contributed by atoms with Crippen LogP contribution in [0.5, 0.6) is 0 Å². The van der Waals surface area contributed by atoms with Crippen molar-refractivity contribution >= 4 is 18.8 Å². The van der Waals surface area contributed by atoms with Crippen molar-refractivity contribution in [3.8, 4) is 0 Å². The van der Waals surface area contributed by atoms with Gasteiger partial charge in [-0.15, -0.1) is 12.6 Å². The van der Waals surface area contributed by atoms with E-state index in [2.05, 4.69) is 12.6 Å². The Morgan fingerprint density at radius 2 is 1.91 bits per heavy atom. The summed E-state index contributed by atoms with van der Waals surface area (Å²) >= 11 is 4.16. The molecule has 0 aromatic heterocycles. The number of thiol groups is 1. The van der Waals surface area contributed by atoms with Crippen LogP contribution in [0.4, 0.5) is 0 Å².